The van der Waals surface area contributed by atoms with Crippen LogP contribution in [0.4, 0.5) is 0 Å². The van der Waals surface area contributed by atoms with Crippen molar-refractivity contribution in [2.24, 2.45) is 5.92 Å². The summed E-state index contributed by atoms with van der Waals surface area (Å²) in [5.74, 6) is 0.206. The quantitative estimate of drug-likeness (QED) is 0.780. The number of nitrogens with zero attached hydrogens (tertiary/aromatic N) is 6. The largest absolute Gasteiger partial charge is 0.377 e. The molecule has 0 aliphatic carbocycles. The second-order valence-corrected chi connectivity index (χ2v) is 7.05. The van der Waals surface area contributed by atoms with E-state index < -0.39 is 5.60 Å². The minimum atomic E-state index is -0.469. The second-order valence-electron chi connectivity index (χ2n) is 7.05. The highest BCUT2D eigenvalue weighted by atomic mass is 16.5. The molecule has 0 saturated carbocycles. The van der Waals surface area contributed by atoms with E-state index in [9.17, 15) is 4.79 Å². The Morgan fingerprint density at radius 1 is 1.31 bits per heavy atom. The minimum absolute atomic E-state index is 0.131. The molecule has 2 aliphatic rings. The Bertz CT molecular complexity index is 750. The van der Waals surface area contributed by atoms with Gasteiger partial charge in [-0.15, -0.1) is 10.2 Å². The smallest absolute Gasteiger partial charge is 0.274 e. The molecule has 2 fully saturated rings. The summed E-state index contributed by atoms with van der Waals surface area (Å²) >= 11 is 0. The van der Waals surface area contributed by atoms with E-state index in [1.54, 1.807) is 23.8 Å². The summed E-state index contributed by atoms with van der Waals surface area (Å²) in [6, 6.07) is 0. The third-order valence-corrected chi connectivity index (χ3v) is 4.86. The number of carbonyl (C=O) groups is 1. The van der Waals surface area contributed by atoms with Gasteiger partial charge < -0.3 is 18.9 Å². The fourth-order valence-electron chi connectivity index (χ4n) is 3.62. The average Bonchev–Trinajstić information content (AvgIpc) is 3.23. The van der Waals surface area contributed by atoms with Crippen molar-refractivity contribution in [3.05, 3.63) is 36.4 Å². The van der Waals surface area contributed by atoms with Crippen LogP contribution in [0.1, 0.15) is 22.6 Å². The second kappa shape index (κ2) is 7.08. The van der Waals surface area contributed by atoms with Gasteiger partial charge >= 0.3 is 0 Å². The van der Waals surface area contributed by atoms with E-state index >= 15 is 0 Å². The Morgan fingerprint density at radius 3 is 2.92 bits per heavy atom. The van der Waals surface area contributed by atoms with Crippen molar-refractivity contribution >= 4 is 5.91 Å². The Balaban J connectivity index is 1.45. The lowest BCUT2D eigenvalue weighted by Gasteiger charge is -2.31. The summed E-state index contributed by atoms with van der Waals surface area (Å²) in [7, 11) is 0. The first-order valence-corrected chi connectivity index (χ1v) is 8.76. The average molecular weight is 358 g/mol. The molecule has 2 atom stereocenters. The number of hydrogen-bond acceptors (Lipinski definition) is 7. The van der Waals surface area contributed by atoms with Gasteiger partial charge in [0.25, 0.3) is 5.91 Å². The topological polar surface area (TPSA) is 95.3 Å². The van der Waals surface area contributed by atoms with E-state index in [0.717, 1.165) is 18.7 Å². The molecule has 9 heteroatoms. The van der Waals surface area contributed by atoms with Gasteiger partial charge in [-0.05, 0) is 13.3 Å². The molecule has 138 valence electrons. The van der Waals surface area contributed by atoms with Gasteiger partial charge in [-0.2, -0.15) is 0 Å². The molecule has 0 bridgehead atoms. The van der Waals surface area contributed by atoms with Crippen LogP contribution in [0.2, 0.25) is 0 Å². The van der Waals surface area contributed by atoms with E-state index in [0.29, 0.717) is 44.5 Å². The van der Waals surface area contributed by atoms with Gasteiger partial charge in [0.2, 0.25) is 0 Å². The molecule has 4 heterocycles. The third kappa shape index (κ3) is 3.58. The van der Waals surface area contributed by atoms with Crippen LogP contribution in [0, 0.1) is 12.8 Å². The van der Waals surface area contributed by atoms with E-state index in [-0.39, 0.29) is 5.91 Å². The molecule has 26 heavy (non-hydrogen) atoms. The molecule has 9 nitrogen and oxygen atoms in total. The molecule has 0 N–H and O–H groups in total. The molecule has 4 rings (SSSR count). The Labute approximate surface area is 151 Å². The normalized spacial score (nSPS) is 26.2. The lowest BCUT2D eigenvalue weighted by molar-refractivity contribution is -0.0539. The first-order chi connectivity index (χ1) is 12.6. The van der Waals surface area contributed by atoms with E-state index in [2.05, 4.69) is 20.2 Å². The molecule has 0 radical (unpaired) electrons. The van der Waals surface area contributed by atoms with Gasteiger partial charge in [0, 0.05) is 25.2 Å². The Hall–Kier alpha value is -2.39. The molecule has 1 spiro atoms. The molecule has 0 aromatic carbocycles. The van der Waals surface area contributed by atoms with Crippen LogP contribution in [-0.4, -0.2) is 74.1 Å². The number of aromatic nitrogens is 5. The maximum absolute atomic E-state index is 12.8. The predicted molar refractivity (Wildman–Crippen MR) is 90.3 cm³/mol. The SMILES string of the molecule is Cc1cnc(C(=O)N2CCOC[C@]3(C[C@H](Cn4cnnc4)CO3)C2)cn1. The zero-order chi connectivity index (χ0) is 18.0. The number of amides is 1. The number of aryl methyl sites for hydroxylation is 1. The van der Waals surface area contributed by atoms with Crippen LogP contribution < -0.4 is 0 Å². The molecule has 0 unspecified atom stereocenters. The van der Waals surface area contributed by atoms with Crippen molar-refractivity contribution in [3.8, 4) is 0 Å². The van der Waals surface area contributed by atoms with Gasteiger partial charge in [0.15, 0.2) is 0 Å². The summed E-state index contributed by atoms with van der Waals surface area (Å²) in [5.41, 5.74) is 0.669. The Kier molecular flexibility index (Phi) is 4.64. The van der Waals surface area contributed by atoms with Crippen LogP contribution in [0.25, 0.3) is 0 Å². The highest BCUT2D eigenvalue weighted by Gasteiger charge is 2.44. The van der Waals surface area contributed by atoms with Crippen molar-refractivity contribution in [3.63, 3.8) is 0 Å². The summed E-state index contributed by atoms with van der Waals surface area (Å²) in [6.45, 7) is 5.29. The molecule has 2 aromatic rings. The van der Waals surface area contributed by atoms with E-state index in [1.807, 2.05) is 11.5 Å². The summed E-state index contributed by atoms with van der Waals surface area (Å²) in [6.07, 6.45) is 7.38. The highest BCUT2D eigenvalue weighted by Crippen LogP contribution is 2.33. The van der Waals surface area contributed by atoms with Gasteiger partial charge in [-0.3, -0.25) is 9.78 Å². The van der Waals surface area contributed by atoms with Crippen molar-refractivity contribution in [2.75, 3.05) is 32.9 Å². The molecule has 2 aromatic heterocycles. The maximum atomic E-state index is 12.8. The lowest BCUT2D eigenvalue weighted by Crippen LogP contribution is -2.46. The minimum Gasteiger partial charge on any atom is -0.377 e. The summed E-state index contributed by atoms with van der Waals surface area (Å²) in [4.78, 5) is 23.0. The summed E-state index contributed by atoms with van der Waals surface area (Å²) < 4.78 is 13.9. The highest BCUT2D eigenvalue weighted by molar-refractivity contribution is 5.92. The van der Waals surface area contributed by atoms with Gasteiger partial charge in [0.1, 0.15) is 23.9 Å². The number of rotatable bonds is 3. The zero-order valence-corrected chi connectivity index (χ0v) is 14.7. The molecule has 2 aliphatic heterocycles. The lowest BCUT2D eigenvalue weighted by atomic mass is 9.94. The number of ether oxygens (including phenoxy) is 2. The molecular formula is C17H22N6O3. The predicted octanol–water partition coefficient (Wildman–Crippen LogP) is 0.324. The van der Waals surface area contributed by atoms with Crippen LogP contribution in [-0.2, 0) is 16.0 Å². The van der Waals surface area contributed by atoms with Crippen LogP contribution in [0.5, 0.6) is 0 Å². The van der Waals surface area contributed by atoms with Crippen molar-refractivity contribution in [2.45, 2.75) is 25.5 Å². The number of carbonyl (C=O) groups excluding carboxylic acids is 1. The van der Waals surface area contributed by atoms with Crippen molar-refractivity contribution < 1.29 is 14.3 Å². The fraction of sp³-hybridized carbons (Fsp3) is 0.588. The first kappa shape index (κ1) is 17.0. The fourth-order valence-corrected chi connectivity index (χ4v) is 3.62. The molecule has 2 saturated heterocycles. The van der Waals surface area contributed by atoms with Gasteiger partial charge in [-0.25, -0.2) is 4.98 Å². The van der Waals surface area contributed by atoms with Crippen molar-refractivity contribution in [1.29, 1.82) is 0 Å². The van der Waals surface area contributed by atoms with Crippen LogP contribution >= 0.6 is 0 Å². The zero-order valence-electron chi connectivity index (χ0n) is 14.7. The Morgan fingerprint density at radius 2 is 2.15 bits per heavy atom. The van der Waals surface area contributed by atoms with Gasteiger partial charge in [0.05, 0.1) is 38.3 Å². The summed E-state index contributed by atoms with van der Waals surface area (Å²) in [5, 5.41) is 7.68. The van der Waals surface area contributed by atoms with Crippen LogP contribution in [0.15, 0.2) is 25.0 Å². The maximum Gasteiger partial charge on any atom is 0.274 e. The van der Waals surface area contributed by atoms with Crippen LogP contribution in [0.3, 0.4) is 0 Å². The van der Waals surface area contributed by atoms with E-state index in [4.69, 9.17) is 9.47 Å². The molecular weight excluding hydrogens is 336 g/mol. The standard InChI is InChI=1S/C17H22N6O3/c1-13-5-19-15(6-18-13)16(24)23-2-3-25-10-17(9-23)4-14(8-26-17)7-22-11-20-21-12-22/h5-6,11-12,14H,2-4,7-10H2,1H3/t14-,17+/m1/s1. The van der Waals surface area contributed by atoms with E-state index in [1.165, 1.54) is 6.20 Å². The third-order valence-electron chi connectivity index (χ3n) is 4.86. The number of hydrogen-bond donors (Lipinski definition) is 0. The molecule has 1 amide bonds. The monoisotopic (exact) mass is 358 g/mol. The van der Waals surface area contributed by atoms with Crippen molar-refractivity contribution in [1.82, 2.24) is 29.6 Å². The van der Waals surface area contributed by atoms with Gasteiger partial charge in [-0.1, -0.05) is 0 Å². The first-order valence-electron chi connectivity index (χ1n) is 8.76.